The molecule has 0 unspecified atom stereocenters. The molecule has 0 bridgehead atoms. The monoisotopic (exact) mass is 507 g/mol. The van der Waals surface area contributed by atoms with E-state index in [0.29, 0.717) is 11.7 Å². The Balaban J connectivity index is 1.47. The summed E-state index contributed by atoms with van der Waals surface area (Å²) in [4.78, 5) is 27.4. The van der Waals surface area contributed by atoms with Gasteiger partial charge >= 0.3 is 5.97 Å². The maximum Gasteiger partial charge on any atom is 0.311 e. The number of ether oxygens (including phenoxy) is 1. The second-order valence-electron chi connectivity index (χ2n) is 15.3. The fraction of sp³-hybridized carbons (Fsp3) is 0.781. The van der Waals surface area contributed by atoms with Crippen LogP contribution in [-0.2, 0) is 26.2 Å². The Bertz CT molecular complexity index is 1210. The fourth-order valence-corrected chi connectivity index (χ4v) is 10.9. The van der Waals surface area contributed by atoms with Crippen LogP contribution in [0.25, 0.3) is 0 Å². The van der Waals surface area contributed by atoms with Gasteiger partial charge < -0.3 is 9.26 Å². The molecule has 202 valence electrons. The maximum atomic E-state index is 14.5. The highest BCUT2D eigenvalue weighted by Gasteiger charge is 2.70. The van der Waals surface area contributed by atoms with E-state index < -0.39 is 5.41 Å². The SMILES string of the molecule is COC(=O)[C@@]1(C)CC[C@]2(C)CC[C@]3(C)C(=CC(=O)[C@H]4[C@@]5(C)Cc6cnoc6C(C)(C)[C@H]5CC[C@]43C)[C@@H]2C1. The molecular formula is C32H45NO4. The molecule has 1 aromatic heterocycles. The Kier molecular flexibility index (Phi) is 5.06. The van der Waals surface area contributed by atoms with E-state index in [4.69, 9.17) is 9.26 Å². The van der Waals surface area contributed by atoms with Gasteiger partial charge in [0.1, 0.15) is 5.76 Å². The summed E-state index contributed by atoms with van der Waals surface area (Å²) in [7, 11) is 1.51. The van der Waals surface area contributed by atoms with Crippen LogP contribution >= 0.6 is 0 Å². The van der Waals surface area contributed by atoms with Gasteiger partial charge in [-0.2, -0.15) is 0 Å². The van der Waals surface area contributed by atoms with E-state index in [1.165, 1.54) is 18.2 Å². The van der Waals surface area contributed by atoms with Gasteiger partial charge in [-0.25, -0.2) is 0 Å². The summed E-state index contributed by atoms with van der Waals surface area (Å²) in [5.41, 5.74) is 1.68. The van der Waals surface area contributed by atoms with Crippen LogP contribution in [0.1, 0.15) is 105 Å². The molecule has 0 aliphatic heterocycles. The first-order valence-electron chi connectivity index (χ1n) is 14.4. The summed E-state index contributed by atoms with van der Waals surface area (Å²) < 4.78 is 11.1. The highest BCUT2D eigenvalue weighted by atomic mass is 16.5. The summed E-state index contributed by atoms with van der Waals surface area (Å²) in [6, 6.07) is 0. The second kappa shape index (κ2) is 7.39. The van der Waals surface area contributed by atoms with E-state index in [-0.39, 0.29) is 44.9 Å². The molecule has 5 aliphatic rings. The number of hydrogen-bond donors (Lipinski definition) is 0. The van der Waals surface area contributed by atoms with Crippen molar-refractivity contribution in [3.63, 3.8) is 0 Å². The molecule has 5 heteroatoms. The van der Waals surface area contributed by atoms with Crippen LogP contribution in [0.5, 0.6) is 0 Å². The van der Waals surface area contributed by atoms with Crippen molar-refractivity contribution in [1.29, 1.82) is 0 Å². The lowest BCUT2D eigenvalue weighted by atomic mass is 9.33. The molecule has 5 nitrogen and oxygen atoms in total. The van der Waals surface area contributed by atoms with Crippen molar-refractivity contribution in [3.05, 3.63) is 29.2 Å². The van der Waals surface area contributed by atoms with E-state index in [1.807, 2.05) is 6.20 Å². The first kappa shape index (κ1) is 25.4. The largest absolute Gasteiger partial charge is 0.469 e. The highest BCUT2D eigenvalue weighted by Crippen LogP contribution is 2.74. The number of methoxy groups -OCH3 is 1. The van der Waals surface area contributed by atoms with Gasteiger partial charge in [0.2, 0.25) is 0 Å². The van der Waals surface area contributed by atoms with Crippen molar-refractivity contribution in [2.24, 2.45) is 44.8 Å². The summed E-state index contributed by atoms with van der Waals surface area (Å²) in [5.74, 6) is 1.80. The van der Waals surface area contributed by atoms with Gasteiger partial charge in [-0.05, 0) is 97.9 Å². The molecule has 0 N–H and O–H groups in total. The molecule has 6 rings (SSSR count). The number of nitrogens with zero attached hydrogens (tertiary/aromatic N) is 1. The lowest BCUT2D eigenvalue weighted by Gasteiger charge is -2.69. The lowest BCUT2D eigenvalue weighted by Crippen LogP contribution is -2.66. The summed E-state index contributed by atoms with van der Waals surface area (Å²) in [6.07, 6.45) is 11.9. The number of aromatic nitrogens is 1. The predicted molar refractivity (Wildman–Crippen MR) is 142 cm³/mol. The van der Waals surface area contributed by atoms with E-state index in [2.05, 4.69) is 59.7 Å². The van der Waals surface area contributed by atoms with Crippen LogP contribution in [0.3, 0.4) is 0 Å². The van der Waals surface area contributed by atoms with E-state index in [9.17, 15) is 9.59 Å². The van der Waals surface area contributed by atoms with Crippen molar-refractivity contribution in [3.8, 4) is 0 Å². The lowest BCUT2D eigenvalue weighted by molar-refractivity contribution is -0.175. The first-order valence-corrected chi connectivity index (χ1v) is 14.4. The number of ketones is 1. The fourth-order valence-electron chi connectivity index (χ4n) is 10.9. The number of hydrogen-bond acceptors (Lipinski definition) is 5. The number of carbonyl (C=O) groups excluding carboxylic acids is 2. The second-order valence-corrected chi connectivity index (χ2v) is 15.3. The third-order valence-electron chi connectivity index (χ3n) is 13.2. The highest BCUT2D eigenvalue weighted by molar-refractivity contribution is 5.96. The third-order valence-corrected chi connectivity index (χ3v) is 13.2. The molecular weight excluding hydrogens is 462 g/mol. The Hall–Kier alpha value is -1.91. The van der Waals surface area contributed by atoms with Gasteiger partial charge in [0.25, 0.3) is 0 Å². The minimum Gasteiger partial charge on any atom is -0.469 e. The van der Waals surface area contributed by atoms with Crippen LogP contribution in [-0.4, -0.2) is 24.0 Å². The zero-order valence-electron chi connectivity index (χ0n) is 24.1. The van der Waals surface area contributed by atoms with Gasteiger partial charge in [0, 0.05) is 16.9 Å². The van der Waals surface area contributed by atoms with Crippen LogP contribution in [0.2, 0.25) is 0 Å². The van der Waals surface area contributed by atoms with Crippen LogP contribution in [0.4, 0.5) is 0 Å². The van der Waals surface area contributed by atoms with Gasteiger partial charge in [-0.3, -0.25) is 9.59 Å². The minimum atomic E-state index is -0.486. The molecule has 37 heavy (non-hydrogen) atoms. The van der Waals surface area contributed by atoms with Gasteiger partial charge in [-0.15, -0.1) is 0 Å². The smallest absolute Gasteiger partial charge is 0.311 e. The number of fused-ring (bicyclic) bond motifs is 8. The predicted octanol–water partition coefficient (Wildman–Crippen LogP) is 6.84. The standard InChI is InChI=1S/C32H45NO4/c1-27(2)23-9-10-32(7)24(30(23,5)16-19-18-33-37-25(19)27)22(34)15-20-21-17-29(4,26(35)36-8)12-11-28(21,3)13-14-31(20,32)6/h15,18,21,23-24H,9-14,16-17H2,1-8H3/t21-,23+,24-,28+,29-,30-,31+,32+/m0/s1. The van der Waals surface area contributed by atoms with Gasteiger partial charge in [0.15, 0.2) is 5.78 Å². The molecule has 0 radical (unpaired) electrons. The number of rotatable bonds is 1. The molecule has 0 amide bonds. The van der Waals surface area contributed by atoms with Crippen molar-refractivity contribution >= 4 is 11.8 Å². The molecule has 1 heterocycles. The molecule has 3 saturated carbocycles. The van der Waals surface area contributed by atoms with Crippen LogP contribution in [0, 0.1) is 44.8 Å². The summed E-state index contributed by atoms with van der Waals surface area (Å²) in [5, 5.41) is 4.19. The molecule has 0 spiro atoms. The molecule has 5 aliphatic carbocycles. The topological polar surface area (TPSA) is 69.4 Å². The normalized spacial score (nSPS) is 47.9. The van der Waals surface area contributed by atoms with Crippen molar-refractivity contribution in [2.45, 2.75) is 105 Å². The van der Waals surface area contributed by atoms with Gasteiger partial charge in [-0.1, -0.05) is 52.3 Å². The number of carbonyl (C=O) groups is 2. The van der Waals surface area contributed by atoms with Crippen LogP contribution < -0.4 is 0 Å². The molecule has 0 saturated heterocycles. The van der Waals surface area contributed by atoms with Gasteiger partial charge in [0.05, 0.1) is 18.7 Å². The first-order chi connectivity index (χ1) is 17.2. The zero-order valence-corrected chi connectivity index (χ0v) is 24.1. The Labute approximate surface area is 222 Å². The average molecular weight is 508 g/mol. The van der Waals surface area contributed by atoms with Crippen molar-refractivity contribution in [2.75, 3.05) is 7.11 Å². The molecule has 3 fully saturated rings. The quantitative estimate of drug-likeness (QED) is 0.389. The molecule has 8 atom stereocenters. The zero-order chi connectivity index (χ0) is 26.8. The van der Waals surface area contributed by atoms with E-state index >= 15 is 0 Å². The minimum absolute atomic E-state index is 0.0326. The van der Waals surface area contributed by atoms with E-state index in [0.717, 1.165) is 57.1 Å². The van der Waals surface area contributed by atoms with E-state index in [1.54, 1.807) is 0 Å². The Morgan fingerprint density at radius 1 is 1.03 bits per heavy atom. The molecule has 1 aromatic rings. The summed E-state index contributed by atoms with van der Waals surface area (Å²) in [6.45, 7) is 16.4. The summed E-state index contributed by atoms with van der Waals surface area (Å²) >= 11 is 0. The third kappa shape index (κ3) is 2.95. The number of esters is 1. The molecule has 0 aromatic carbocycles. The van der Waals surface area contributed by atoms with Crippen molar-refractivity contribution in [1.82, 2.24) is 5.16 Å². The Morgan fingerprint density at radius 3 is 2.43 bits per heavy atom. The maximum absolute atomic E-state index is 14.5. The van der Waals surface area contributed by atoms with Crippen LogP contribution in [0.15, 0.2) is 22.4 Å². The number of allylic oxidation sites excluding steroid dienone is 2. The Morgan fingerprint density at radius 2 is 1.73 bits per heavy atom. The average Bonchev–Trinajstić information content (AvgIpc) is 3.29. The van der Waals surface area contributed by atoms with Crippen molar-refractivity contribution < 1.29 is 18.8 Å².